The predicted molar refractivity (Wildman–Crippen MR) is 108 cm³/mol. The number of thiazole rings is 1. The number of hydrogen-bond acceptors (Lipinski definition) is 6. The molecule has 28 heavy (non-hydrogen) atoms. The SMILES string of the molecule is COc1ccc(NC(=O)Cc2c(C)[nH]n(-c3nc(C)c(C)s3)c2=O)c(OC)c1. The van der Waals surface area contributed by atoms with Crippen molar-refractivity contribution in [2.75, 3.05) is 19.5 Å². The van der Waals surface area contributed by atoms with Gasteiger partial charge in [0.1, 0.15) is 11.5 Å². The van der Waals surface area contributed by atoms with Crippen molar-refractivity contribution in [1.82, 2.24) is 14.8 Å². The van der Waals surface area contributed by atoms with Gasteiger partial charge in [-0.25, -0.2) is 4.98 Å². The van der Waals surface area contributed by atoms with Crippen LogP contribution >= 0.6 is 11.3 Å². The van der Waals surface area contributed by atoms with Gasteiger partial charge in [-0.1, -0.05) is 11.3 Å². The fourth-order valence-corrected chi connectivity index (χ4v) is 3.60. The number of anilines is 1. The number of methoxy groups -OCH3 is 2. The molecule has 3 aromatic rings. The summed E-state index contributed by atoms with van der Waals surface area (Å²) in [5.74, 6) is 0.777. The summed E-state index contributed by atoms with van der Waals surface area (Å²) in [7, 11) is 3.07. The highest BCUT2D eigenvalue weighted by Gasteiger charge is 2.19. The molecular weight excluding hydrogens is 380 g/mol. The molecule has 0 unspecified atom stereocenters. The first-order valence-corrected chi connectivity index (χ1v) is 9.42. The van der Waals surface area contributed by atoms with Crippen molar-refractivity contribution in [1.29, 1.82) is 0 Å². The van der Waals surface area contributed by atoms with Gasteiger partial charge < -0.3 is 14.8 Å². The summed E-state index contributed by atoms with van der Waals surface area (Å²) in [6, 6.07) is 5.09. The van der Waals surface area contributed by atoms with Crippen LogP contribution in [0.5, 0.6) is 11.5 Å². The zero-order valence-corrected chi connectivity index (χ0v) is 17.2. The molecule has 2 heterocycles. The first kappa shape index (κ1) is 19.7. The molecule has 0 aliphatic carbocycles. The van der Waals surface area contributed by atoms with E-state index in [1.807, 2.05) is 13.8 Å². The molecule has 0 bridgehead atoms. The number of nitrogens with one attached hydrogen (secondary N) is 2. The van der Waals surface area contributed by atoms with Crippen LogP contribution in [0.3, 0.4) is 0 Å². The molecule has 3 rings (SSSR count). The third-order valence-corrected chi connectivity index (χ3v) is 5.48. The lowest BCUT2D eigenvalue weighted by Gasteiger charge is -2.11. The first-order chi connectivity index (χ1) is 13.3. The summed E-state index contributed by atoms with van der Waals surface area (Å²) in [5.41, 5.74) is 2.14. The lowest BCUT2D eigenvalue weighted by molar-refractivity contribution is -0.115. The van der Waals surface area contributed by atoms with Crippen LogP contribution < -0.4 is 20.3 Å². The van der Waals surface area contributed by atoms with E-state index >= 15 is 0 Å². The van der Waals surface area contributed by atoms with Gasteiger partial charge in [0.05, 0.1) is 32.0 Å². The van der Waals surface area contributed by atoms with Gasteiger partial charge in [0.25, 0.3) is 5.56 Å². The molecule has 0 fully saturated rings. The monoisotopic (exact) mass is 402 g/mol. The van der Waals surface area contributed by atoms with E-state index < -0.39 is 0 Å². The molecule has 0 saturated carbocycles. The summed E-state index contributed by atoms with van der Waals surface area (Å²) < 4.78 is 11.8. The van der Waals surface area contributed by atoms with Gasteiger partial charge in [-0.05, 0) is 32.9 Å². The van der Waals surface area contributed by atoms with Crippen molar-refractivity contribution in [2.24, 2.45) is 0 Å². The number of nitrogens with zero attached hydrogens (tertiary/aromatic N) is 2. The number of aromatic amines is 1. The molecule has 8 nitrogen and oxygen atoms in total. The number of carbonyl (C=O) groups is 1. The maximum Gasteiger partial charge on any atom is 0.277 e. The molecule has 148 valence electrons. The van der Waals surface area contributed by atoms with Crippen LogP contribution in [0, 0.1) is 20.8 Å². The molecule has 0 spiro atoms. The van der Waals surface area contributed by atoms with E-state index in [0.717, 1.165) is 10.6 Å². The topological polar surface area (TPSA) is 98.2 Å². The number of aromatic nitrogens is 3. The van der Waals surface area contributed by atoms with E-state index in [1.54, 1.807) is 32.2 Å². The third-order valence-electron chi connectivity index (χ3n) is 4.42. The van der Waals surface area contributed by atoms with E-state index in [1.165, 1.54) is 23.1 Å². The van der Waals surface area contributed by atoms with Gasteiger partial charge in [0, 0.05) is 22.2 Å². The Morgan fingerprint density at radius 3 is 2.61 bits per heavy atom. The van der Waals surface area contributed by atoms with Crippen molar-refractivity contribution in [3.63, 3.8) is 0 Å². The zero-order valence-electron chi connectivity index (χ0n) is 16.4. The second kappa shape index (κ2) is 7.89. The molecule has 0 atom stereocenters. The van der Waals surface area contributed by atoms with Gasteiger partial charge in [-0.3, -0.25) is 14.7 Å². The number of ether oxygens (including phenoxy) is 2. The smallest absolute Gasteiger partial charge is 0.277 e. The number of carbonyl (C=O) groups excluding carboxylic acids is 1. The Morgan fingerprint density at radius 1 is 1.25 bits per heavy atom. The van der Waals surface area contributed by atoms with E-state index in [9.17, 15) is 9.59 Å². The van der Waals surface area contributed by atoms with E-state index in [-0.39, 0.29) is 17.9 Å². The largest absolute Gasteiger partial charge is 0.497 e. The Balaban J connectivity index is 1.83. The van der Waals surface area contributed by atoms with Gasteiger partial charge >= 0.3 is 0 Å². The molecular formula is C19H22N4O4S. The highest BCUT2D eigenvalue weighted by molar-refractivity contribution is 7.14. The second-order valence-electron chi connectivity index (χ2n) is 6.29. The molecule has 0 aliphatic heterocycles. The van der Waals surface area contributed by atoms with Crippen LogP contribution in [0.2, 0.25) is 0 Å². The molecule has 1 amide bonds. The number of hydrogen-bond donors (Lipinski definition) is 2. The van der Waals surface area contributed by atoms with Gasteiger partial charge in [0.15, 0.2) is 0 Å². The van der Waals surface area contributed by atoms with Crippen LogP contribution in [0.25, 0.3) is 5.13 Å². The highest BCUT2D eigenvalue weighted by Crippen LogP contribution is 2.29. The molecule has 9 heteroatoms. The van der Waals surface area contributed by atoms with E-state index in [2.05, 4.69) is 15.4 Å². The quantitative estimate of drug-likeness (QED) is 0.661. The molecule has 0 saturated heterocycles. The van der Waals surface area contributed by atoms with Crippen molar-refractivity contribution < 1.29 is 14.3 Å². The third kappa shape index (κ3) is 3.79. The van der Waals surface area contributed by atoms with Crippen molar-refractivity contribution in [3.8, 4) is 16.6 Å². The minimum absolute atomic E-state index is 0.0628. The number of aryl methyl sites for hydroxylation is 3. The van der Waals surface area contributed by atoms with Crippen LogP contribution in [0.4, 0.5) is 5.69 Å². The predicted octanol–water partition coefficient (Wildman–Crippen LogP) is 2.75. The maximum atomic E-state index is 12.8. The van der Waals surface area contributed by atoms with E-state index in [0.29, 0.717) is 33.6 Å². The average molecular weight is 402 g/mol. The first-order valence-electron chi connectivity index (χ1n) is 8.60. The fraction of sp³-hybridized carbons (Fsp3) is 0.316. The average Bonchev–Trinajstić information content (AvgIpc) is 3.15. The molecule has 0 aliphatic rings. The lowest BCUT2D eigenvalue weighted by Crippen LogP contribution is -2.22. The number of benzene rings is 1. The van der Waals surface area contributed by atoms with Gasteiger partial charge in [-0.15, -0.1) is 0 Å². The van der Waals surface area contributed by atoms with Gasteiger partial charge in [-0.2, -0.15) is 4.68 Å². The Hall–Kier alpha value is -3.07. The molecule has 0 radical (unpaired) electrons. The molecule has 2 aromatic heterocycles. The summed E-state index contributed by atoms with van der Waals surface area (Å²) >= 11 is 1.43. The van der Waals surface area contributed by atoms with Crippen molar-refractivity contribution in [2.45, 2.75) is 27.2 Å². The summed E-state index contributed by atoms with van der Waals surface area (Å²) in [6.07, 6.45) is -0.0628. The minimum Gasteiger partial charge on any atom is -0.497 e. The van der Waals surface area contributed by atoms with Gasteiger partial charge in [0.2, 0.25) is 11.0 Å². The van der Waals surface area contributed by atoms with Crippen molar-refractivity contribution in [3.05, 3.63) is 50.4 Å². The second-order valence-corrected chi connectivity index (χ2v) is 7.47. The van der Waals surface area contributed by atoms with Crippen LogP contribution in [0.1, 0.15) is 21.8 Å². The van der Waals surface area contributed by atoms with Crippen molar-refractivity contribution >= 4 is 22.9 Å². The zero-order chi connectivity index (χ0) is 20.4. The lowest BCUT2D eigenvalue weighted by atomic mass is 10.1. The van der Waals surface area contributed by atoms with E-state index in [4.69, 9.17) is 9.47 Å². The van der Waals surface area contributed by atoms with Crippen LogP contribution in [-0.2, 0) is 11.2 Å². The minimum atomic E-state index is -0.318. The number of amides is 1. The molecule has 2 N–H and O–H groups in total. The Morgan fingerprint density at radius 2 is 2.00 bits per heavy atom. The van der Waals surface area contributed by atoms with Crippen LogP contribution in [-0.4, -0.2) is 34.9 Å². The maximum absolute atomic E-state index is 12.8. The number of H-pyrrole nitrogens is 1. The molecule has 1 aromatic carbocycles. The normalized spacial score (nSPS) is 10.8. The Labute approximate surface area is 166 Å². The summed E-state index contributed by atoms with van der Waals surface area (Å²) in [6.45, 7) is 5.61. The summed E-state index contributed by atoms with van der Waals surface area (Å²) in [5, 5.41) is 6.35. The summed E-state index contributed by atoms with van der Waals surface area (Å²) in [4.78, 5) is 30.8. The Bertz CT molecular complexity index is 1060. The highest BCUT2D eigenvalue weighted by atomic mass is 32.1. The standard InChI is InChI=1S/C19H22N4O4S/c1-10-12(3)28-19(20-10)23-18(25)14(11(2)22-23)9-17(24)21-15-7-6-13(26-4)8-16(15)27-5/h6-8,22H,9H2,1-5H3,(H,21,24). The van der Waals surface area contributed by atoms with Crippen LogP contribution in [0.15, 0.2) is 23.0 Å². The Kier molecular flexibility index (Phi) is 5.55. The number of rotatable bonds is 6. The fourth-order valence-electron chi connectivity index (χ4n) is 2.73.